The van der Waals surface area contributed by atoms with Crippen LogP contribution in [0, 0.1) is 5.92 Å². The Labute approximate surface area is 129 Å². The molecule has 0 spiro atoms. The van der Waals surface area contributed by atoms with Crippen LogP contribution < -0.4 is 5.73 Å². The standard InChI is InChI=1S/C20H27N/c21-17-7-12-20(15-13-18-8-3-1-4-9-18)16-14-19-10-5-2-6-11-19/h1-6,8-11,20H,7,12-17,21H2. The molecule has 2 aromatic rings. The lowest BCUT2D eigenvalue weighted by Crippen LogP contribution is -2.08. The van der Waals surface area contributed by atoms with E-state index in [4.69, 9.17) is 5.73 Å². The Bertz CT molecular complexity index is 434. The number of nitrogens with two attached hydrogens (primary N) is 1. The van der Waals surface area contributed by atoms with Gasteiger partial charge in [-0.2, -0.15) is 0 Å². The van der Waals surface area contributed by atoms with Crippen LogP contribution >= 0.6 is 0 Å². The molecule has 0 atom stereocenters. The van der Waals surface area contributed by atoms with Crippen molar-refractivity contribution in [3.63, 3.8) is 0 Å². The highest BCUT2D eigenvalue weighted by Crippen LogP contribution is 2.21. The molecule has 2 rings (SSSR count). The van der Waals surface area contributed by atoms with Crippen molar-refractivity contribution in [2.75, 3.05) is 6.54 Å². The molecule has 0 aromatic heterocycles. The van der Waals surface area contributed by atoms with Gasteiger partial charge in [-0.3, -0.25) is 0 Å². The molecule has 0 heterocycles. The lowest BCUT2D eigenvalue weighted by atomic mass is 9.89. The van der Waals surface area contributed by atoms with E-state index in [0.29, 0.717) is 0 Å². The third-order valence-corrected chi connectivity index (χ3v) is 4.18. The fourth-order valence-corrected chi connectivity index (χ4v) is 2.87. The third kappa shape index (κ3) is 6.14. The molecule has 0 aliphatic rings. The van der Waals surface area contributed by atoms with E-state index in [1.54, 1.807) is 0 Å². The molecule has 0 fully saturated rings. The van der Waals surface area contributed by atoms with Gasteiger partial charge in [0, 0.05) is 0 Å². The Morgan fingerprint density at radius 1 is 0.667 bits per heavy atom. The molecule has 0 radical (unpaired) electrons. The SMILES string of the molecule is NCCCC(CCc1ccccc1)CCc1ccccc1. The van der Waals surface area contributed by atoms with Crippen molar-refractivity contribution in [2.24, 2.45) is 11.7 Å². The van der Waals surface area contributed by atoms with Gasteiger partial charge in [0.25, 0.3) is 0 Å². The van der Waals surface area contributed by atoms with Crippen molar-refractivity contribution in [3.8, 4) is 0 Å². The second-order valence-corrected chi connectivity index (χ2v) is 5.85. The minimum Gasteiger partial charge on any atom is -0.330 e. The van der Waals surface area contributed by atoms with E-state index in [9.17, 15) is 0 Å². The minimum absolute atomic E-state index is 0.786. The fourth-order valence-electron chi connectivity index (χ4n) is 2.87. The summed E-state index contributed by atoms with van der Waals surface area (Å²) in [5.74, 6) is 0.786. The molecule has 0 saturated heterocycles. The average molecular weight is 281 g/mol. The van der Waals surface area contributed by atoms with Gasteiger partial charge < -0.3 is 5.73 Å². The van der Waals surface area contributed by atoms with Gasteiger partial charge in [-0.1, -0.05) is 60.7 Å². The van der Waals surface area contributed by atoms with Crippen molar-refractivity contribution in [1.82, 2.24) is 0 Å². The Balaban J connectivity index is 1.82. The van der Waals surface area contributed by atoms with Crippen LogP contribution in [0.3, 0.4) is 0 Å². The Kier molecular flexibility index (Phi) is 7.03. The van der Waals surface area contributed by atoms with Crippen LogP contribution in [0.1, 0.15) is 36.8 Å². The quantitative estimate of drug-likeness (QED) is 0.714. The molecule has 0 aliphatic carbocycles. The van der Waals surface area contributed by atoms with Crippen LogP contribution in [0.5, 0.6) is 0 Å². The minimum atomic E-state index is 0.786. The van der Waals surface area contributed by atoms with Gasteiger partial charge in [-0.15, -0.1) is 0 Å². The zero-order valence-electron chi connectivity index (χ0n) is 12.9. The van der Waals surface area contributed by atoms with Gasteiger partial charge in [0.05, 0.1) is 0 Å². The summed E-state index contributed by atoms with van der Waals surface area (Å²) in [6.45, 7) is 0.813. The summed E-state index contributed by atoms with van der Waals surface area (Å²) in [6.07, 6.45) is 7.33. The van der Waals surface area contributed by atoms with Gasteiger partial charge in [-0.25, -0.2) is 0 Å². The maximum atomic E-state index is 5.69. The largest absolute Gasteiger partial charge is 0.330 e. The monoisotopic (exact) mass is 281 g/mol. The van der Waals surface area contributed by atoms with E-state index in [1.807, 2.05) is 0 Å². The van der Waals surface area contributed by atoms with Crippen LogP contribution in [-0.4, -0.2) is 6.54 Å². The van der Waals surface area contributed by atoms with E-state index in [0.717, 1.165) is 18.9 Å². The highest BCUT2D eigenvalue weighted by molar-refractivity contribution is 5.15. The van der Waals surface area contributed by atoms with Crippen molar-refractivity contribution in [1.29, 1.82) is 0 Å². The fraction of sp³-hybridized carbons (Fsp3) is 0.400. The summed E-state index contributed by atoms with van der Waals surface area (Å²) in [6, 6.07) is 21.6. The van der Waals surface area contributed by atoms with E-state index < -0.39 is 0 Å². The van der Waals surface area contributed by atoms with E-state index >= 15 is 0 Å². The number of aryl methyl sites for hydroxylation is 2. The second kappa shape index (κ2) is 9.36. The lowest BCUT2D eigenvalue weighted by molar-refractivity contribution is 0.411. The molecule has 0 saturated carbocycles. The summed E-state index contributed by atoms with van der Waals surface area (Å²) in [4.78, 5) is 0. The van der Waals surface area contributed by atoms with Crippen LogP contribution in [0.4, 0.5) is 0 Å². The number of hydrogen-bond donors (Lipinski definition) is 1. The lowest BCUT2D eigenvalue weighted by Gasteiger charge is -2.16. The molecular formula is C20H27N. The highest BCUT2D eigenvalue weighted by Gasteiger charge is 2.09. The van der Waals surface area contributed by atoms with Crippen molar-refractivity contribution >= 4 is 0 Å². The maximum absolute atomic E-state index is 5.69. The van der Waals surface area contributed by atoms with Crippen molar-refractivity contribution in [3.05, 3.63) is 71.8 Å². The Hall–Kier alpha value is -1.60. The third-order valence-electron chi connectivity index (χ3n) is 4.18. The van der Waals surface area contributed by atoms with E-state index in [2.05, 4.69) is 60.7 Å². The van der Waals surface area contributed by atoms with Crippen molar-refractivity contribution < 1.29 is 0 Å². The van der Waals surface area contributed by atoms with Gasteiger partial charge in [-0.05, 0) is 62.1 Å². The topological polar surface area (TPSA) is 26.0 Å². The van der Waals surface area contributed by atoms with Crippen molar-refractivity contribution in [2.45, 2.75) is 38.5 Å². The predicted octanol–water partition coefficient (Wildman–Crippen LogP) is 4.61. The molecular weight excluding hydrogens is 254 g/mol. The summed E-state index contributed by atoms with van der Waals surface area (Å²) in [5.41, 5.74) is 8.60. The van der Waals surface area contributed by atoms with Gasteiger partial charge in [0.15, 0.2) is 0 Å². The van der Waals surface area contributed by atoms with Gasteiger partial charge >= 0.3 is 0 Å². The first kappa shape index (κ1) is 15.8. The Morgan fingerprint density at radius 2 is 1.14 bits per heavy atom. The summed E-state index contributed by atoms with van der Waals surface area (Å²) < 4.78 is 0. The van der Waals surface area contributed by atoms with E-state index in [1.165, 1.54) is 43.2 Å². The molecule has 0 aliphatic heterocycles. The summed E-state index contributed by atoms with van der Waals surface area (Å²) >= 11 is 0. The first-order valence-corrected chi connectivity index (χ1v) is 8.16. The van der Waals surface area contributed by atoms with E-state index in [-0.39, 0.29) is 0 Å². The highest BCUT2D eigenvalue weighted by atomic mass is 14.5. The van der Waals surface area contributed by atoms with Gasteiger partial charge in [0.2, 0.25) is 0 Å². The number of hydrogen-bond acceptors (Lipinski definition) is 1. The number of benzene rings is 2. The molecule has 1 nitrogen and oxygen atoms in total. The smallest absolute Gasteiger partial charge is 0.00772 e. The number of rotatable bonds is 9. The zero-order chi connectivity index (χ0) is 14.8. The maximum Gasteiger partial charge on any atom is -0.00772 e. The summed E-state index contributed by atoms with van der Waals surface area (Å²) in [7, 11) is 0. The predicted molar refractivity (Wildman–Crippen MR) is 91.3 cm³/mol. The van der Waals surface area contributed by atoms with Gasteiger partial charge in [0.1, 0.15) is 0 Å². The molecule has 2 aromatic carbocycles. The normalized spacial score (nSPS) is 11.0. The van der Waals surface area contributed by atoms with Crippen LogP contribution in [0.15, 0.2) is 60.7 Å². The van der Waals surface area contributed by atoms with Crippen LogP contribution in [-0.2, 0) is 12.8 Å². The molecule has 1 heteroatoms. The first-order chi connectivity index (χ1) is 10.4. The second-order valence-electron chi connectivity index (χ2n) is 5.85. The molecule has 2 N–H and O–H groups in total. The molecule has 0 amide bonds. The molecule has 0 unspecified atom stereocenters. The molecule has 112 valence electrons. The first-order valence-electron chi connectivity index (χ1n) is 8.16. The zero-order valence-corrected chi connectivity index (χ0v) is 12.9. The summed E-state index contributed by atoms with van der Waals surface area (Å²) in [5, 5.41) is 0. The van der Waals surface area contributed by atoms with Crippen LogP contribution in [0.2, 0.25) is 0 Å². The Morgan fingerprint density at radius 3 is 1.57 bits per heavy atom. The molecule has 21 heavy (non-hydrogen) atoms. The van der Waals surface area contributed by atoms with Crippen LogP contribution in [0.25, 0.3) is 0 Å². The molecule has 0 bridgehead atoms. The average Bonchev–Trinajstić information content (AvgIpc) is 2.56.